The number of aromatic hydroxyl groups is 1. The van der Waals surface area contributed by atoms with Gasteiger partial charge in [-0.1, -0.05) is 18.2 Å². The maximum Gasteiger partial charge on any atom is 0.224 e. The number of hydrogen-bond acceptors (Lipinski definition) is 5. The lowest BCUT2D eigenvalue weighted by atomic mass is 9.92. The van der Waals surface area contributed by atoms with Crippen molar-refractivity contribution >= 4 is 11.6 Å². The second-order valence-corrected chi connectivity index (χ2v) is 8.11. The summed E-state index contributed by atoms with van der Waals surface area (Å²) in [5.41, 5.74) is 2.93. The van der Waals surface area contributed by atoms with Crippen LogP contribution in [0.3, 0.4) is 0 Å². The number of aliphatic hydroxyl groups is 1. The van der Waals surface area contributed by atoms with Crippen molar-refractivity contribution in [3.8, 4) is 11.5 Å². The Kier molecular flexibility index (Phi) is 6.45. The molecule has 1 atom stereocenters. The van der Waals surface area contributed by atoms with Crippen molar-refractivity contribution in [2.75, 3.05) is 18.5 Å². The predicted octanol–water partition coefficient (Wildman–Crippen LogP) is 3.32. The number of ether oxygens (including phenoxy) is 1. The Morgan fingerprint density at radius 1 is 1.17 bits per heavy atom. The summed E-state index contributed by atoms with van der Waals surface area (Å²) in [6, 6.07) is 11.3. The molecular weight excluding hydrogens is 368 g/mol. The van der Waals surface area contributed by atoms with Gasteiger partial charge in [0.05, 0.1) is 18.4 Å². The number of anilines is 1. The van der Waals surface area contributed by atoms with Crippen LogP contribution in [0.15, 0.2) is 36.4 Å². The molecule has 0 fully saturated rings. The zero-order valence-electron chi connectivity index (χ0n) is 17.3. The Morgan fingerprint density at radius 2 is 1.90 bits per heavy atom. The zero-order valence-corrected chi connectivity index (χ0v) is 17.3. The van der Waals surface area contributed by atoms with E-state index in [1.165, 1.54) is 11.6 Å². The van der Waals surface area contributed by atoms with Crippen LogP contribution >= 0.6 is 0 Å². The normalized spacial score (nSPS) is 14.8. The summed E-state index contributed by atoms with van der Waals surface area (Å²) >= 11 is 0. The highest BCUT2D eigenvalue weighted by molar-refractivity contribution is 5.96. The first-order valence-corrected chi connectivity index (χ1v) is 10.1. The second-order valence-electron chi connectivity index (χ2n) is 8.11. The van der Waals surface area contributed by atoms with Gasteiger partial charge in [-0.15, -0.1) is 0 Å². The van der Waals surface area contributed by atoms with Crippen molar-refractivity contribution in [3.05, 3.63) is 53.1 Å². The SMILES string of the molecule is CCOc1ccc(CC(C)(C)NCC(O)c2ccc(O)c3c2CCC(=O)N3)cc1. The molecule has 1 heterocycles. The highest BCUT2D eigenvalue weighted by atomic mass is 16.5. The Bertz CT molecular complexity index is 862. The quantitative estimate of drug-likeness (QED) is 0.512. The Hall–Kier alpha value is -2.57. The van der Waals surface area contributed by atoms with Crippen LogP contribution in [0.5, 0.6) is 11.5 Å². The molecule has 1 amide bonds. The van der Waals surface area contributed by atoms with Gasteiger partial charge in [0.25, 0.3) is 0 Å². The van der Waals surface area contributed by atoms with Gasteiger partial charge < -0.3 is 25.6 Å². The number of fused-ring (bicyclic) bond motifs is 1. The van der Waals surface area contributed by atoms with Gasteiger partial charge in [0.1, 0.15) is 11.5 Å². The first-order valence-electron chi connectivity index (χ1n) is 10.1. The third-order valence-corrected chi connectivity index (χ3v) is 5.21. The molecule has 0 radical (unpaired) electrons. The topological polar surface area (TPSA) is 90.8 Å². The highest BCUT2D eigenvalue weighted by Crippen LogP contribution is 2.36. The Labute approximate surface area is 171 Å². The molecular formula is C23H30N2O4. The van der Waals surface area contributed by atoms with Gasteiger partial charge in [-0.25, -0.2) is 0 Å². The third kappa shape index (κ3) is 5.28. The number of rotatable bonds is 8. The molecule has 29 heavy (non-hydrogen) atoms. The van der Waals surface area contributed by atoms with Gasteiger partial charge in [-0.05, 0) is 68.5 Å². The maximum absolute atomic E-state index is 11.6. The molecule has 156 valence electrons. The number of amides is 1. The average Bonchev–Trinajstić information content (AvgIpc) is 2.68. The van der Waals surface area contributed by atoms with E-state index >= 15 is 0 Å². The van der Waals surface area contributed by atoms with Crippen LogP contribution in [0.1, 0.15) is 50.0 Å². The lowest BCUT2D eigenvalue weighted by Gasteiger charge is -2.29. The zero-order chi connectivity index (χ0) is 21.0. The molecule has 1 aliphatic rings. The Morgan fingerprint density at radius 3 is 2.59 bits per heavy atom. The fraction of sp³-hybridized carbons (Fsp3) is 0.435. The molecule has 0 spiro atoms. The van der Waals surface area contributed by atoms with Gasteiger partial charge >= 0.3 is 0 Å². The van der Waals surface area contributed by atoms with Gasteiger partial charge in [0.2, 0.25) is 5.91 Å². The van der Waals surface area contributed by atoms with Gasteiger partial charge in [0, 0.05) is 18.5 Å². The molecule has 6 heteroatoms. The molecule has 0 aromatic heterocycles. The highest BCUT2D eigenvalue weighted by Gasteiger charge is 2.25. The van der Waals surface area contributed by atoms with E-state index in [9.17, 15) is 15.0 Å². The van der Waals surface area contributed by atoms with Crippen molar-refractivity contribution in [1.82, 2.24) is 5.32 Å². The van der Waals surface area contributed by atoms with Crippen molar-refractivity contribution in [3.63, 3.8) is 0 Å². The van der Waals surface area contributed by atoms with E-state index in [1.807, 2.05) is 19.1 Å². The van der Waals surface area contributed by atoms with Crippen LogP contribution in [0, 0.1) is 0 Å². The summed E-state index contributed by atoms with van der Waals surface area (Å²) in [5, 5.41) is 27.0. The van der Waals surface area contributed by atoms with Crippen LogP contribution in [0.25, 0.3) is 0 Å². The van der Waals surface area contributed by atoms with Crippen molar-refractivity contribution < 1.29 is 19.7 Å². The van der Waals surface area contributed by atoms with E-state index in [0.717, 1.165) is 23.3 Å². The molecule has 2 aromatic rings. The molecule has 0 saturated heterocycles. The number of phenols is 1. The molecule has 0 bridgehead atoms. The summed E-state index contributed by atoms with van der Waals surface area (Å²) in [4.78, 5) is 11.6. The van der Waals surface area contributed by atoms with Crippen LogP contribution < -0.4 is 15.4 Å². The minimum absolute atomic E-state index is 0.0350. The number of hydrogen-bond donors (Lipinski definition) is 4. The number of β-amino-alcohol motifs (C(OH)–C–C–N with tert-alkyl or cyclic N) is 1. The standard InChI is InChI=1S/C23H30N2O4/c1-4-29-16-7-5-15(6-8-16)13-23(2,3)24-14-20(27)17-9-11-19(26)22-18(17)10-12-21(28)25-22/h5-9,11,20,24,26-27H,4,10,12-14H2,1-3H3,(H,25,28). The average molecular weight is 399 g/mol. The summed E-state index contributed by atoms with van der Waals surface area (Å²) in [5.74, 6) is 0.781. The van der Waals surface area contributed by atoms with E-state index < -0.39 is 6.10 Å². The van der Waals surface area contributed by atoms with Gasteiger partial charge in [-0.3, -0.25) is 4.79 Å². The first kappa shape index (κ1) is 21.1. The molecule has 1 aliphatic heterocycles. The van der Waals surface area contributed by atoms with E-state index in [2.05, 4.69) is 36.6 Å². The minimum atomic E-state index is -0.737. The molecule has 2 aromatic carbocycles. The lowest BCUT2D eigenvalue weighted by molar-refractivity contribution is -0.116. The van der Waals surface area contributed by atoms with Crippen molar-refractivity contribution in [1.29, 1.82) is 0 Å². The fourth-order valence-electron chi connectivity index (χ4n) is 3.74. The number of carbonyl (C=O) groups is 1. The Balaban J connectivity index is 1.64. The third-order valence-electron chi connectivity index (χ3n) is 5.21. The number of carbonyl (C=O) groups excluding carboxylic acids is 1. The van der Waals surface area contributed by atoms with E-state index in [1.54, 1.807) is 6.07 Å². The summed E-state index contributed by atoms with van der Waals surface area (Å²) in [6.07, 6.45) is 0.930. The molecule has 0 aliphatic carbocycles. The number of nitrogens with one attached hydrogen (secondary N) is 2. The first-order chi connectivity index (χ1) is 13.8. The van der Waals surface area contributed by atoms with E-state index in [4.69, 9.17) is 4.74 Å². The van der Waals surface area contributed by atoms with Crippen molar-refractivity contribution in [2.45, 2.75) is 51.7 Å². The van der Waals surface area contributed by atoms with E-state index in [-0.39, 0.29) is 17.2 Å². The summed E-state index contributed by atoms with van der Waals surface area (Å²) in [7, 11) is 0. The summed E-state index contributed by atoms with van der Waals surface area (Å²) in [6.45, 7) is 7.18. The smallest absolute Gasteiger partial charge is 0.224 e. The molecule has 0 saturated carbocycles. The number of aliphatic hydroxyl groups excluding tert-OH is 1. The molecule has 3 rings (SSSR count). The van der Waals surface area contributed by atoms with E-state index in [0.29, 0.717) is 31.7 Å². The maximum atomic E-state index is 11.6. The van der Waals surface area contributed by atoms with Gasteiger partial charge in [-0.2, -0.15) is 0 Å². The van der Waals surface area contributed by atoms with Crippen molar-refractivity contribution in [2.24, 2.45) is 0 Å². The predicted molar refractivity (Wildman–Crippen MR) is 113 cm³/mol. The monoisotopic (exact) mass is 398 g/mol. The molecule has 4 N–H and O–H groups in total. The second kappa shape index (κ2) is 8.84. The van der Waals surface area contributed by atoms with Crippen LogP contribution in [0.4, 0.5) is 5.69 Å². The summed E-state index contributed by atoms with van der Waals surface area (Å²) < 4.78 is 5.49. The number of benzene rings is 2. The van der Waals surface area contributed by atoms with Gasteiger partial charge in [0.15, 0.2) is 0 Å². The number of phenolic OH excluding ortho intramolecular Hbond substituents is 1. The lowest BCUT2D eigenvalue weighted by Crippen LogP contribution is -2.43. The fourth-order valence-corrected chi connectivity index (χ4v) is 3.74. The molecule has 1 unspecified atom stereocenters. The van der Waals surface area contributed by atoms with Crippen LogP contribution in [-0.2, 0) is 17.6 Å². The van der Waals surface area contributed by atoms with Crippen LogP contribution in [0.2, 0.25) is 0 Å². The van der Waals surface area contributed by atoms with Crippen LogP contribution in [-0.4, -0.2) is 34.8 Å². The largest absolute Gasteiger partial charge is 0.506 e. The molecule has 6 nitrogen and oxygen atoms in total. The minimum Gasteiger partial charge on any atom is -0.506 e.